The van der Waals surface area contributed by atoms with E-state index in [9.17, 15) is 19.2 Å². The summed E-state index contributed by atoms with van der Waals surface area (Å²) in [5, 5.41) is 21.7. The van der Waals surface area contributed by atoms with Crippen molar-refractivity contribution in [2.24, 2.45) is 0 Å². The van der Waals surface area contributed by atoms with Crippen LogP contribution in [0.3, 0.4) is 0 Å². The number of carbonyl (C=O) groups is 4. The van der Waals surface area contributed by atoms with Gasteiger partial charge >= 0.3 is 11.9 Å². The van der Waals surface area contributed by atoms with Gasteiger partial charge in [-0.2, -0.15) is 0 Å². The lowest BCUT2D eigenvalue weighted by Gasteiger charge is -2.17. The number of carboxylic acids is 2. The first kappa shape index (κ1) is 16.2. The van der Waals surface area contributed by atoms with Crippen LogP contribution in [0.25, 0.3) is 0 Å². The number of amides is 2. The fourth-order valence-corrected chi connectivity index (χ4v) is 1.41. The molecule has 2 amide bonds. The highest BCUT2D eigenvalue weighted by atomic mass is 16.4. The van der Waals surface area contributed by atoms with Crippen LogP contribution in [0, 0.1) is 0 Å². The lowest BCUT2D eigenvalue weighted by atomic mass is 10.2. The minimum Gasteiger partial charge on any atom is -0.481 e. The zero-order valence-corrected chi connectivity index (χ0v) is 11.0. The van der Waals surface area contributed by atoms with Crippen molar-refractivity contribution in [3.8, 4) is 0 Å². The van der Waals surface area contributed by atoms with Gasteiger partial charge < -0.3 is 25.3 Å². The van der Waals surface area contributed by atoms with E-state index < -0.39 is 42.3 Å². The van der Waals surface area contributed by atoms with Gasteiger partial charge in [-0.05, 0) is 19.1 Å². The van der Waals surface area contributed by atoms with Crippen LogP contribution in [0.1, 0.15) is 23.9 Å². The second-order valence-electron chi connectivity index (χ2n) is 4.17. The molecule has 0 aliphatic carbocycles. The summed E-state index contributed by atoms with van der Waals surface area (Å²) in [7, 11) is 0. The van der Waals surface area contributed by atoms with Gasteiger partial charge in [0.05, 0.1) is 12.7 Å². The maximum absolute atomic E-state index is 11.7. The minimum atomic E-state index is -1.57. The van der Waals surface area contributed by atoms with Crippen LogP contribution in [0.2, 0.25) is 0 Å². The molecule has 2 atom stereocenters. The number of rotatable bonds is 7. The highest BCUT2D eigenvalue weighted by Crippen LogP contribution is 2.00. The molecular formula is C12H14N2O7. The number of hydrogen-bond acceptors (Lipinski definition) is 5. The van der Waals surface area contributed by atoms with Crippen molar-refractivity contribution < 1.29 is 33.8 Å². The lowest BCUT2D eigenvalue weighted by Crippen LogP contribution is -2.50. The summed E-state index contributed by atoms with van der Waals surface area (Å²) >= 11 is 0. The molecule has 1 aromatic rings. The summed E-state index contributed by atoms with van der Waals surface area (Å²) in [5.74, 6) is -4.31. The Morgan fingerprint density at radius 2 is 1.90 bits per heavy atom. The first-order valence-corrected chi connectivity index (χ1v) is 5.90. The molecule has 0 fully saturated rings. The maximum Gasteiger partial charge on any atom is 0.326 e. The van der Waals surface area contributed by atoms with E-state index >= 15 is 0 Å². The Balaban J connectivity index is 2.59. The second kappa shape index (κ2) is 7.08. The molecule has 4 N–H and O–H groups in total. The van der Waals surface area contributed by atoms with E-state index in [2.05, 4.69) is 5.32 Å². The maximum atomic E-state index is 11.7. The second-order valence-corrected chi connectivity index (χ2v) is 4.17. The van der Waals surface area contributed by atoms with Crippen molar-refractivity contribution in [2.45, 2.75) is 25.4 Å². The number of nitrogens with one attached hydrogen (secondary N) is 2. The fraction of sp³-hybridized carbons (Fsp3) is 0.333. The molecule has 0 aliphatic rings. The van der Waals surface area contributed by atoms with Gasteiger partial charge in [0.25, 0.3) is 5.91 Å². The Hall–Kier alpha value is -2.84. The summed E-state index contributed by atoms with van der Waals surface area (Å²) in [5.41, 5.74) is 0. The van der Waals surface area contributed by atoms with Gasteiger partial charge in [0.15, 0.2) is 5.76 Å². The zero-order chi connectivity index (χ0) is 16.0. The minimum absolute atomic E-state index is 0.00466. The molecule has 9 heteroatoms. The molecule has 0 saturated carbocycles. The van der Waals surface area contributed by atoms with E-state index in [-0.39, 0.29) is 5.76 Å². The number of furan rings is 1. The predicted molar refractivity (Wildman–Crippen MR) is 67.5 cm³/mol. The summed E-state index contributed by atoms with van der Waals surface area (Å²) in [6.45, 7) is 1.33. The van der Waals surface area contributed by atoms with Gasteiger partial charge in [-0.3, -0.25) is 14.4 Å². The van der Waals surface area contributed by atoms with E-state index in [1.807, 2.05) is 5.32 Å². The van der Waals surface area contributed by atoms with E-state index in [0.29, 0.717) is 0 Å². The fourth-order valence-electron chi connectivity index (χ4n) is 1.41. The molecule has 21 heavy (non-hydrogen) atoms. The number of hydrogen-bond donors (Lipinski definition) is 4. The Morgan fingerprint density at radius 1 is 1.24 bits per heavy atom. The number of carboxylic acid groups (broad SMARTS) is 2. The van der Waals surface area contributed by atoms with E-state index in [1.165, 1.54) is 25.3 Å². The molecule has 9 nitrogen and oxygen atoms in total. The van der Waals surface area contributed by atoms with Crippen LogP contribution in [0.15, 0.2) is 22.8 Å². The first-order valence-electron chi connectivity index (χ1n) is 5.90. The molecule has 0 aromatic carbocycles. The number of carbonyl (C=O) groups excluding carboxylic acids is 2. The van der Waals surface area contributed by atoms with Gasteiger partial charge in [0, 0.05) is 0 Å². The molecule has 1 rings (SSSR count). The quantitative estimate of drug-likeness (QED) is 0.527. The van der Waals surface area contributed by atoms with Gasteiger partial charge in [-0.1, -0.05) is 0 Å². The van der Waals surface area contributed by atoms with E-state index in [0.717, 1.165) is 0 Å². The highest BCUT2D eigenvalue weighted by molar-refractivity contribution is 5.96. The Labute approximate surface area is 118 Å². The van der Waals surface area contributed by atoms with Crippen LogP contribution in [0.5, 0.6) is 0 Å². The van der Waals surface area contributed by atoms with Crippen molar-refractivity contribution in [2.75, 3.05) is 0 Å². The standard InChI is InChI=1S/C12H14N2O7/c1-6(13-11(18)8-3-2-4-21-8)10(17)14-7(12(19)20)5-9(15)16/h2-4,6-7H,5H2,1H3,(H,13,18)(H,14,17)(H,15,16)(H,19,20)/t6?,7-/m1/s1. The van der Waals surface area contributed by atoms with Gasteiger partial charge in [0.2, 0.25) is 5.91 Å². The molecule has 1 aromatic heterocycles. The van der Waals surface area contributed by atoms with E-state index in [1.54, 1.807) is 0 Å². The van der Waals surface area contributed by atoms with Crippen LogP contribution in [-0.2, 0) is 14.4 Å². The normalized spacial score (nSPS) is 13.0. The van der Waals surface area contributed by atoms with Gasteiger partial charge in [-0.15, -0.1) is 0 Å². The SMILES string of the molecule is CC(NC(=O)c1ccco1)C(=O)N[C@H](CC(=O)O)C(=O)O. The monoisotopic (exact) mass is 298 g/mol. The molecule has 0 spiro atoms. The largest absolute Gasteiger partial charge is 0.481 e. The molecule has 0 aliphatic heterocycles. The third-order valence-corrected chi connectivity index (χ3v) is 2.48. The summed E-state index contributed by atoms with van der Waals surface area (Å²) in [6.07, 6.45) is 0.521. The topological polar surface area (TPSA) is 146 Å². The van der Waals surface area contributed by atoms with Gasteiger partial charge in [-0.25, -0.2) is 4.79 Å². The zero-order valence-electron chi connectivity index (χ0n) is 11.0. The molecule has 1 heterocycles. The third-order valence-electron chi connectivity index (χ3n) is 2.48. The Kier molecular flexibility index (Phi) is 5.47. The molecule has 1 unspecified atom stereocenters. The highest BCUT2D eigenvalue weighted by Gasteiger charge is 2.26. The summed E-state index contributed by atoms with van der Waals surface area (Å²) in [4.78, 5) is 44.7. The van der Waals surface area contributed by atoms with Crippen LogP contribution >= 0.6 is 0 Å². The average Bonchev–Trinajstić information content (AvgIpc) is 2.90. The Morgan fingerprint density at radius 3 is 2.38 bits per heavy atom. The van der Waals surface area contributed by atoms with Gasteiger partial charge in [0.1, 0.15) is 12.1 Å². The van der Waals surface area contributed by atoms with Crippen molar-refractivity contribution in [1.29, 1.82) is 0 Å². The van der Waals surface area contributed by atoms with Crippen molar-refractivity contribution in [1.82, 2.24) is 10.6 Å². The number of aliphatic carboxylic acids is 2. The smallest absolute Gasteiger partial charge is 0.326 e. The van der Waals surface area contributed by atoms with Crippen LogP contribution in [-0.4, -0.2) is 46.0 Å². The lowest BCUT2D eigenvalue weighted by molar-refractivity contribution is -0.147. The van der Waals surface area contributed by atoms with E-state index in [4.69, 9.17) is 14.6 Å². The van der Waals surface area contributed by atoms with Crippen molar-refractivity contribution in [3.63, 3.8) is 0 Å². The molecular weight excluding hydrogens is 284 g/mol. The summed E-state index contributed by atoms with van der Waals surface area (Å²) in [6, 6.07) is 0.258. The molecule has 114 valence electrons. The average molecular weight is 298 g/mol. The van der Waals surface area contributed by atoms with Crippen LogP contribution < -0.4 is 10.6 Å². The van der Waals surface area contributed by atoms with Crippen molar-refractivity contribution in [3.05, 3.63) is 24.2 Å². The molecule has 0 radical (unpaired) electrons. The van der Waals surface area contributed by atoms with Crippen LogP contribution in [0.4, 0.5) is 0 Å². The Bertz CT molecular complexity index is 538. The summed E-state index contributed by atoms with van der Waals surface area (Å²) < 4.78 is 4.83. The molecule has 0 saturated heterocycles. The van der Waals surface area contributed by atoms with Crippen molar-refractivity contribution >= 4 is 23.8 Å². The first-order chi connectivity index (χ1) is 9.81. The predicted octanol–water partition coefficient (Wildman–Crippen LogP) is -0.558. The molecule has 0 bridgehead atoms. The third kappa shape index (κ3) is 4.97.